The molecule has 5 rings (SSSR count). The summed E-state index contributed by atoms with van der Waals surface area (Å²) in [7, 11) is 0. The number of ether oxygens (including phenoxy) is 2. The summed E-state index contributed by atoms with van der Waals surface area (Å²) in [5.74, 6) is 0.321. The molecule has 2 atom stereocenters. The van der Waals surface area contributed by atoms with E-state index in [1.807, 2.05) is 36.4 Å². The molecule has 3 heterocycles. The van der Waals surface area contributed by atoms with Crippen LogP contribution in [0.1, 0.15) is 63.3 Å². The molecule has 1 fully saturated rings. The number of carbonyl (C=O) groups is 1. The number of nitrogens with zero attached hydrogens (tertiary/aromatic N) is 1. The molecular weight excluding hydrogens is 457 g/mol. The molecule has 0 bridgehead atoms. The summed E-state index contributed by atoms with van der Waals surface area (Å²) < 4.78 is 25.5. The Morgan fingerprint density at radius 1 is 1.14 bits per heavy atom. The van der Waals surface area contributed by atoms with Gasteiger partial charge in [-0.3, -0.25) is 9.78 Å². The van der Waals surface area contributed by atoms with Gasteiger partial charge in [0.1, 0.15) is 17.7 Å². The Balaban J connectivity index is 0.00000304. The zero-order chi connectivity index (χ0) is 24.5. The van der Waals surface area contributed by atoms with Gasteiger partial charge in [0.15, 0.2) is 0 Å². The average molecular weight is 492 g/mol. The van der Waals surface area contributed by atoms with E-state index in [9.17, 15) is 14.3 Å². The number of hydrogen-bond donors (Lipinski definition) is 1. The maximum Gasteiger partial charge on any atom is 0.308 e. The number of pyridine rings is 1. The SMILES string of the molecule is C.CC(C)c1nc2c(c(-c3ccc(F)cc3)c1CC[C@@H]1C[C@@H](O)CC(=O)O1)CCOc1ccccc1-2. The third-order valence-electron chi connectivity index (χ3n) is 6.81. The van der Waals surface area contributed by atoms with Gasteiger partial charge in [-0.2, -0.15) is 0 Å². The van der Waals surface area contributed by atoms with Crippen LogP contribution in [0.4, 0.5) is 4.39 Å². The van der Waals surface area contributed by atoms with Crippen molar-refractivity contribution in [2.24, 2.45) is 0 Å². The van der Waals surface area contributed by atoms with Crippen molar-refractivity contribution in [3.8, 4) is 28.1 Å². The molecule has 0 saturated carbocycles. The van der Waals surface area contributed by atoms with Crippen LogP contribution in [0.15, 0.2) is 48.5 Å². The second kappa shape index (κ2) is 10.8. The fourth-order valence-electron chi connectivity index (χ4n) is 5.24. The van der Waals surface area contributed by atoms with Crippen LogP contribution >= 0.6 is 0 Å². The topological polar surface area (TPSA) is 68.7 Å². The number of para-hydroxylation sites is 1. The van der Waals surface area contributed by atoms with Crippen LogP contribution < -0.4 is 4.74 Å². The van der Waals surface area contributed by atoms with Gasteiger partial charge in [-0.25, -0.2) is 4.39 Å². The fourth-order valence-corrected chi connectivity index (χ4v) is 5.24. The Morgan fingerprint density at radius 3 is 2.61 bits per heavy atom. The van der Waals surface area contributed by atoms with E-state index in [-0.39, 0.29) is 37.7 Å². The van der Waals surface area contributed by atoms with Crippen molar-refractivity contribution in [1.82, 2.24) is 4.98 Å². The monoisotopic (exact) mass is 491 g/mol. The van der Waals surface area contributed by atoms with Gasteiger partial charge < -0.3 is 14.6 Å². The molecule has 2 aliphatic rings. The summed E-state index contributed by atoms with van der Waals surface area (Å²) in [5, 5.41) is 10.1. The Labute approximate surface area is 212 Å². The molecule has 0 radical (unpaired) electrons. The molecule has 36 heavy (non-hydrogen) atoms. The highest BCUT2D eigenvalue weighted by Gasteiger charge is 2.30. The Kier molecular flexibility index (Phi) is 7.74. The second-order valence-corrected chi connectivity index (χ2v) is 9.68. The second-order valence-electron chi connectivity index (χ2n) is 9.68. The molecule has 0 unspecified atom stereocenters. The van der Waals surface area contributed by atoms with Crippen LogP contribution in [0, 0.1) is 5.82 Å². The first-order valence-corrected chi connectivity index (χ1v) is 12.3. The number of cyclic esters (lactones) is 1. The molecule has 0 amide bonds. The minimum absolute atomic E-state index is 0. The van der Waals surface area contributed by atoms with E-state index in [4.69, 9.17) is 14.5 Å². The molecule has 1 aromatic heterocycles. The van der Waals surface area contributed by atoms with E-state index in [0.717, 1.165) is 45.0 Å². The van der Waals surface area contributed by atoms with Gasteiger partial charge in [-0.05, 0) is 65.3 Å². The van der Waals surface area contributed by atoms with E-state index in [1.54, 1.807) is 0 Å². The quantitative estimate of drug-likeness (QED) is 0.428. The van der Waals surface area contributed by atoms with E-state index in [2.05, 4.69) is 13.8 Å². The first-order valence-electron chi connectivity index (χ1n) is 12.3. The lowest BCUT2D eigenvalue weighted by molar-refractivity contribution is -0.160. The van der Waals surface area contributed by atoms with Crippen LogP contribution in [-0.4, -0.2) is 34.9 Å². The van der Waals surface area contributed by atoms with Crippen LogP contribution in [0.5, 0.6) is 5.75 Å². The van der Waals surface area contributed by atoms with Crippen LogP contribution in [-0.2, 0) is 22.4 Å². The van der Waals surface area contributed by atoms with Crippen molar-refractivity contribution in [1.29, 1.82) is 0 Å². The van der Waals surface area contributed by atoms with Crippen molar-refractivity contribution in [3.63, 3.8) is 0 Å². The zero-order valence-electron chi connectivity index (χ0n) is 20.1. The Hall–Kier alpha value is -3.25. The van der Waals surface area contributed by atoms with Crippen LogP contribution in [0.3, 0.4) is 0 Å². The molecular formula is C30H34FNO4. The van der Waals surface area contributed by atoms with Crippen molar-refractivity contribution in [2.45, 2.75) is 71.5 Å². The molecule has 3 aromatic rings. The molecule has 190 valence electrons. The number of benzene rings is 2. The normalized spacial score (nSPS) is 18.9. The lowest BCUT2D eigenvalue weighted by Crippen LogP contribution is -2.33. The van der Waals surface area contributed by atoms with Gasteiger partial charge in [0.2, 0.25) is 0 Å². The predicted molar refractivity (Wildman–Crippen MR) is 139 cm³/mol. The number of rotatable bonds is 5. The first kappa shape index (κ1) is 25.8. The molecule has 2 aliphatic heterocycles. The summed E-state index contributed by atoms with van der Waals surface area (Å²) >= 11 is 0. The maximum atomic E-state index is 13.9. The minimum Gasteiger partial charge on any atom is -0.493 e. The number of aliphatic hydroxyl groups is 1. The van der Waals surface area contributed by atoms with Gasteiger partial charge in [-0.1, -0.05) is 45.5 Å². The number of carbonyl (C=O) groups excluding carboxylic acids is 1. The number of halogens is 1. The molecule has 1 N–H and O–H groups in total. The summed E-state index contributed by atoms with van der Waals surface area (Å²) in [5.41, 5.74) is 7.00. The molecule has 2 aromatic carbocycles. The molecule has 0 spiro atoms. The third-order valence-corrected chi connectivity index (χ3v) is 6.81. The predicted octanol–water partition coefficient (Wildman–Crippen LogP) is 6.25. The minimum atomic E-state index is -0.666. The maximum absolute atomic E-state index is 13.9. The molecule has 1 saturated heterocycles. The number of aliphatic hydroxyl groups excluding tert-OH is 1. The first-order chi connectivity index (χ1) is 16.9. The Morgan fingerprint density at radius 2 is 1.89 bits per heavy atom. The lowest BCUT2D eigenvalue weighted by Gasteiger charge is -2.27. The van der Waals surface area contributed by atoms with Crippen LogP contribution in [0.25, 0.3) is 22.4 Å². The molecule has 6 heteroatoms. The van der Waals surface area contributed by atoms with Gasteiger partial charge in [-0.15, -0.1) is 0 Å². The van der Waals surface area contributed by atoms with Crippen molar-refractivity contribution in [2.75, 3.05) is 6.61 Å². The van der Waals surface area contributed by atoms with E-state index in [1.165, 1.54) is 12.1 Å². The summed E-state index contributed by atoms with van der Waals surface area (Å²) in [6.07, 6.45) is 1.38. The van der Waals surface area contributed by atoms with Gasteiger partial charge >= 0.3 is 5.97 Å². The van der Waals surface area contributed by atoms with Crippen molar-refractivity contribution >= 4 is 5.97 Å². The smallest absolute Gasteiger partial charge is 0.308 e. The highest BCUT2D eigenvalue weighted by atomic mass is 19.1. The lowest BCUT2D eigenvalue weighted by atomic mass is 9.84. The number of hydrogen-bond acceptors (Lipinski definition) is 5. The summed E-state index contributed by atoms with van der Waals surface area (Å²) in [6.45, 7) is 4.76. The highest BCUT2D eigenvalue weighted by molar-refractivity contribution is 5.82. The number of aromatic nitrogens is 1. The standard InChI is InChI=1S/C29H30FNO4.CH4/c1-17(2)28-23(12-11-21-15-20(32)16-26(33)35-21)27(18-7-9-19(30)10-8-18)24-13-14-34-25-6-4-3-5-22(25)29(24)31-28;/h3-10,17,20-21,32H,11-16H2,1-2H3;1H4/t20-,21-;/m1./s1. The largest absolute Gasteiger partial charge is 0.493 e. The van der Waals surface area contributed by atoms with Crippen molar-refractivity contribution < 1.29 is 23.8 Å². The van der Waals surface area contributed by atoms with Gasteiger partial charge in [0.05, 0.1) is 24.8 Å². The Bertz CT molecular complexity index is 1240. The van der Waals surface area contributed by atoms with E-state index in [0.29, 0.717) is 32.3 Å². The number of esters is 1. The van der Waals surface area contributed by atoms with Gasteiger partial charge in [0.25, 0.3) is 0 Å². The van der Waals surface area contributed by atoms with Gasteiger partial charge in [0, 0.05) is 24.1 Å². The highest BCUT2D eigenvalue weighted by Crippen LogP contribution is 2.43. The summed E-state index contributed by atoms with van der Waals surface area (Å²) in [6, 6.07) is 14.6. The van der Waals surface area contributed by atoms with Crippen LogP contribution in [0.2, 0.25) is 0 Å². The zero-order valence-corrected chi connectivity index (χ0v) is 20.1. The number of fused-ring (bicyclic) bond motifs is 3. The van der Waals surface area contributed by atoms with Crippen molar-refractivity contribution in [3.05, 3.63) is 71.2 Å². The summed E-state index contributed by atoms with van der Waals surface area (Å²) in [4.78, 5) is 17.1. The third kappa shape index (κ3) is 5.14. The fraction of sp³-hybridized carbons (Fsp3) is 0.400. The van der Waals surface area contributed by atoms with E-state index >= 15 is 0 Å². The molecule has 5 nitrogen and oxygen atoms in total. The average Bonchev–Trinajstić information content (AvgIpc) is 3.01. The molecule has 0 aliphatic carbocycles. The van der Waals surface area contributed by atoms with E-state index < -0.39 is 6.10 Å².